The Labute approximate surface area is 204 Å². The summed E-state index contributed by atoms with van der Waals surface area (Å²) in [5, 5.41) is 1.35. The lowest BCUT2D eigenvalue weighted by atomic mass is 9.83. The Morgan fingerprint density at radius 2 is 1.61 bits per heavy atom. The van der Waals surface area contributed by atoms with Gasteiger partial charge < -0.3 is 0 Å². The monoisotopic (exact) mass is 488 g/mol. The van der Waals surface area contributed by atoms with Crippen LogP contribution >= 0.6 is 34.5 Å². The third-order valence-electron chi connectivity index (χ3n) is 6.23. The van der Waals surface area contributed by atoms with E-state index >= 15 is 0 Å². The van der Waals surface area contributed by atoms with Crippen molar-refractivity contribution in [2.45, 2.75) is 18.9 Å². The van der Waals surface area contributed by atoms with Gasteiger partial charge in [-0.25, -0.2) is 4.99 Å². The van der Waals surface area contributed by atoms with Crippen LogP contribution in [0.25, 0.3) is 11.8 Å². The highest BCUT2D eigenvalue weighted by molar-refractivity contribution is 7.07. The van der Waals surface area contributed by atoms with E-state index in [9.17, 15) is 4.79 Å². The largest absolute Gasteiger partial charge is 0.272 e. The Morgan fingerprint density at radius 1 is 0.909 bits per heavy atom. The summed E-state index contributed by atoms with van der Waals surface area (Å²) in [6.45, 7) is 0. The molecule has 0 radical (unpaired) electrons. The second-order valence-corrected chi connectivity index (χ2v) is 10.1. The van der Waals surface area contributed by atoms with E-state index < -0.39 is 0 Å². The summed E-state index contributed by atoms with van der Waals surface area (Å²) in [7, 11) is 0. The van der Waals surface area contributed by atoms with Crippen LogP contribution in [0.1, 0.15) is 34.7 Å². The van der Waals surface area contributed by atoms with Gasteiger partial charge in [0.25, 0.3) is 5.56 Å². The van der Waals surface area contributed by atoms with E-state index in [0.717, 1.165) is 40.0 Å². The molecule has 0 saturated heterocycles. The molecular formula is C27H18Cl2N2OS. The highest BCUT2D eigenvalue weighted by Gasteiger charge is 2.32. The lowest BCUT2D eigenvalue weighted by Crippen LogP contribution is -2.38. The average Bonchev–Trinajstić information content (AvgIpc) is 3.14. The number of thiazole rings is 1. The van der Waals surface area contributed by atoms with Crippen molar-refractivity contribution in [3.63, 3.8) is 0 Å². The second-order valence-electron chi connectivity index (χ2n) is 8.22. The summed E-state index contributed by atoms with van der Waals surface area (Å²) in [5.41, 5.74) is 6.59. The first-order chi connectivity index (χ1) is 16.1. The summed E-state index contributed by atoms with van der Waals surface area (Å²) in [5.74, 6) is 0. The highest BCUT2D eigenvalue weighted by Crippen LogP contribution is 2.41. The summed E-state index contributed by atoms with van der Waals surface area (Å²) in [4.78, 5) is 19.4. The summed E-state index contributed by atoms with van der Waals surface area (Å²) in [6.07, 6.45) is 3.71. The number of allylic oxidation sites excluding steroid dienone is 1. The molecule has 0 N–H and O–H groups in total. The minimum atomic E-state index is -0.200. The molecule has 0 spiro atoms. The number of halogens is 2. The molecule has 1 aromatic heterocycles. The maximum absolute atomic E-state index is 13.7. The predicted octanol–water partition coefficient (Wildman–Crippen LogP) is 5.63. The first-order valence-electron chi connectivity index (χ1n) is 10.7. The van der Waals surface area contributed by atoms with E-state index in [1.54, 1.807) is 0 Å². The van der Waals surface area contributed by atoms with E-state index in [0.29, 0.717) is 14.6 Å². The van der Waals surface area contributed by atoms with E-state index in [-0.39, 0.29) is 11.6 Å². The molecular weight excluding hydrogens is 471 g/mol. The molecule has 3 aromatic carbocycles. The lowest BCUT2D eigenvalue weighted by Gasteiger charge is -2.30. The van der Waals surface area contributed by atoms with Crippen molar-refractivity contribution in [2.75, 3.05) is 0 Å². The number of fused-ring (bicyclic) bond motifs is 3. The maximum atomic E-state index is 13.7. The topological polar surface area (TPSA) is 34.4 Å². The third kappa shape index (κ3) is 3.59. The number of benzene rings is 3. The van der Waals surface area contributed by atoms with Crippen LogP contribution in [-0.2, 0) is 6.42 Å². The molecule has 2 heterocycles. The Hall–Kier alpha value is -2.92. The Kier molecular flexibility index (Phi) is 5.10. The van der Waals surface area contributed by atoms with Gasteiger partial charge in [-0.15, -0.1) is 0 Å². The van der Waals surface area contributed by atoms with Crippen LogP contribution in [0.3, 0.4) is 0 Å². The summed E-state index contributed by atoms with van der Waals surface area (Å²) in [6, 6.07) is 23.5. The molecule has 3 nitrogen and oxygen atoms in total. The van der Waals surface area contributed by atoms with Crippen LogP contribution in [0.4, 0.5) is 0 Å². The van der Waals surface area contributed by atoms with Crippen molar-refractivity contribution in [3.05, 3.63) is 130 Å². The molecule has 1 aliphatic heterocycles. The molecule has 1 aliphatic carbocycles. The zero-order chi connectivity index (χ0) is 22.5. The number of aromatic nitrogens is 1. The van der Waals surface area contributed by atoms with Crippen LogP contribution in [-0.4, -0.2) is 4.57 Å². The second kappa shape index (κ2) is 8.14. The van der Waals surface area contributed by atoms with Gasteiger partial charge in [-0.3, -0.25) is 9.36 Å². The fourth-order valence-corrected chi connectivity index (χ4v) is 5.93. The lowest BCUT2D eigenvalue weighted by molar-refractivity contribution is 0.585. The predicted molar refractivity (Wildman–Crippen MR) is 136 cm³/mol. The molecule has 0 unspecified atom stereocenters. The molecule has 1 atom stereocenters. The molecule has 6 rings (SSSR count). The van der Waals surface area contributed by atoms with Crippen LogP contribution in [0.15, 0.2) is 88.2 Å². The van der Waals surface area contributed by atoms with E-state index in [2.05, 4.69) is 24.3 Å². The van der Waals surface area contributed by atoms with Crippen molar-refractivity contribution < 1.29 is 0 Å². The zero-order valence-corrected chi connectivity index (χ0v) is 19.8. The number of nitrogens with zero attached hydrogens (tertiary/aromatic N) is 2. The van der Waals surface area contributed by atoms with Crippen LogP contribution < -0.4 is 14.9 Å². The molecule has 0 amide bonds. The maximum Gasteiger partial charge on any atom is 0.271 e. The molecule has 2 aliphatic rings. The third-order valence-corrected chi connectivity index (χ3v) is 7.71. The van der Waals surface area contributed by atoms with Crippen LogP contribution in [0.5, 0.6) is 0 Å². The summed E-state index contributed by atoms with van der Waals surface area (Å²) >= 11 is 13.6. The molecule has 33 heavy (non-hydrogen) atoms. The van der Waals surface area contributed by atoms with E-state index in [1.807, 2.05) is 59.2 Å². The van der Waals surface area contributed by atoms with E-state index in [1.165, 1.54) is 22.5 Å². The van der Waals surface area contributed by atoms with Crippen molar-refractivity contribution in [1.29, 1.82) is 0 Å². The number of aryl methyl sites for hydroxylation is 1. The van der Waals surface area contributed by atoms with Gasteiger partial charge in [0.2, 0.25) is 0 Å². The van der Waals surface area contributed by atoms with Crippen molar-refractivity contribution in [3.8, 4) is 0 Å². The van der Waals surface area contributed by atoms with Gasteiger partial charge in [0, 0.05) is 15.6 Å². The highest BCUT2D eigenvalue weighted by atomic mass is 35.5. The van der Waals surface area contributed by atoms with Gasteiger partial charge in [0.1, 0.15) is 0 Å². The Bertz CT molecular complexity index is 1600. The normalized spacial score (nSPS) is 17.3. The first kappa shape index (κ1) is 20.7. The van der Waals surface area contributed by atoms with Gasteiger partial charge in [0.15, 0.2) is 4.80 Å². The summed E-state index contributed by atoms with van der Waals surface area (Å²) < 4.78 is 2.51. The molecule has 0 saturated carbocycles. The molecule has 162 valence electrons. The SMILES string of the molecule is O=c1/c(=C\c2ccc(Cl)cc2)sc2n1[C@@H](c1ccc(Cl)cc1)C1=C(N=2)c2ccccc2CC1. The van der Waals surface area contributed by atoms with Gasteiger partial charge in [-0.05, 0) is 65.4 Å². The fourth-order valence-electron chi connectivity index (χ4n) is 4.68. The zero-order valence-electron chi connectivity index (χ0n) is 17.5. The quantitative estimate of drug-likeness (QED) is 0.360. The smallest absolute Gasteiger partial charge is 0.271 e. The minimum absolute atomic E-state index is 0.0286. The van der Waals surface area contributed by atoms with Gasteiger partial charge in [-0.2, -0.15) is 0 Å². The number of rotatable bonds is 2. The van der Waals surface area contributed by atoms with Gasteiger partial charge in [-0.1, -0.05) is 83.1 Å². The standard InChI is InChI=1S/C27H18Cl2N2OS/c28-19-10-5-16(6-11-19)15-23-26(32)31-25(18-7-12-20(29)13-8-18)22-14-9-17-3-1-2-4-21(17)24(22)30-27(31)33-23/h1-8,10-13,15,25H,9,14H2/b23-15+/t25-/m0/s1. The van der Waals surface area contributed by atoms with Gasteiger partial charge >= 0.3 is 0 Å². The van der Waals surface area contributed by atoms with E-state index in [4.69, 9.17) is 28.2 Å². The average molecular weight is 489 g/mol. The van der Waals surface area contributed by atoms with Crippen LogP contribution in [0, 0.1) is 0 Å². The van der Waals surface area contributed by atoms with Crippen LogP contribution in [0.2, 0.25) is 10.0 Å². The van der Waals surface area contributed by atoms with Gasteiger partial charge in [0.05, 0.1) is 16.3 Å². The molecule has 0 fully saturated rings. The minimum Gasteiger partial charge on any atom is -0.272 e. The molecule has 6 heteroatoms. The molecule has 0 bridgehead atoms. The Morgan fingerprint density at radius 3 is 2.36 bits per heavy atom. The van der Waals surface area contributed by atoms with Crippen molar-refractivity contribution in [1.82, 2.24) is 4.57 Å². The van der Waals surface area contributed by atoms with Crippen molar-refractivity contribution in [2.24, 2.45) is 4.99 Å². The molecule has 4 aromatic rings. The first-order valence-corrected chi connectivity index (χ1v) is 12.3. The Balaban J connectivity index is 1.62. The van der Waals surface area contributed by atoms with Crippen molar-refractivity contribution >= 4 is 46.3 Å². The number of hydrogen-bond acceptors (Lipinski definition) is 3. The number of hydrogen-bond donors (Lipinski definition) is 0. The fraction of sp³-hybridized carbons (Fsp3) is 0.111.